The van der Waals surface area contributed by atoms with E-state index in [1.54, 1.807) is 6.08 Å². The van der Waals surface area contributed by atoms with Crippen LogP contribution in [0.5, 0.6) is 0 Å². The van der Waals surface area contributed by atoms with Gasteiger partial charge < -0.3 is 0 Å². The number of allylic oxidation sites excluding steroid dienone is 2. The molecular formula is C7H8O2. The molecule has 1 rings (SSSR count). The highest BCUT2D eigenvalue weighted by molar-refractivity contribution is 5.99. The lowest BCUT2D eigenvalue weighted by Gasteiger charge is -1.81. The fourth-order valence-corrected chi connectivity index (χ4v) is 0.641. The molecule has 0 aromatic heterocycles. The van der Waals surface area contributed by atoms with Crippen LogP contribution in [0.2, 0.25) is 0 Å². The third-order valence-electron chi connectivity index (χ3n) is 1.32. The number of carbonyl (C=O) groups is 2. The van der Waals surface area contributed by atoms with Crippen molar-refractivity contribution in [1.29, 1.82) is 0 Å². The third kappa shape index (κ3) is 1.80. The zero-order chi connectivity index (χ0) is 6.69. The van der Waals surface area contributed by atoms with Gasteiger partial charge in [-0.25, -0.2) is 0 Å². The second-order valence-corrected chi connectivity index (χ2v) is 2.24. The lowest BCUT2D eigenvalue weighted by atomic mass is 10.2. The van der Waals surface area contributed by atoms with Gasteiger partial charge >= 0.3 is 0 Å². The fraction of sp³-hybridized carbons (Fsp3) is 0.429. The van der Waals surface area contributed by atoms with Gasteiger partial charge in [-0.2, -0.15) is 0 Å². The van der Waals surface area contributed by atoms with Crippen LogP contribution in [0, 0.1) is 5.92 Å². The first-order valence-corrected chi connectivity index (χ1v) is 2.99. The highest BCUT2D eigenvalue weighted by Crippen LogP contribution is 2.30. The van der Waals surface area contributed by atoms with Crippen LogP contribution in [-0.2, 0) is 9.59 Å². The van der Waals surface area contributed by atoms with Crippen molar-refractivity contribution in [1.82, 2.24) is 0 Å². The molecule has 0 N–H and O–H groups in total. The Morgan fingerprint density at radius 1 is 1.22 bits per heavy atom. The number of hydrogen-bond acceptors (Lipinski definition) is 2. The van der Waals surface area contributed by atoms with E-state index in [0.29, 0.717) is 18.5 Å². The molecule has 0 amide bonds. The number of aldehydes is 2. The van der Waals surface area contributed by atoms with Gasteiger partial charge in [0.2, 0.25) is 0 Å². The Hall–Kier alpha value is -0.920. The lowest BCUT2D eigenvalue weighted by Crippen LogP contribution is -1.85. The van der Waals surface area contributed by atoms with E-state index in [1.165, 1.54) is 0 Å². The van der Waals surface area contributed by atoms with Crippen molar-refractivity contribution in [2.45, 2.75) is 12.8 Å². The van der Waals surface area contributed by atoms with Gasteiger partial charge in [0.15, 0.2) is 12.6 Å². The Morgan fingerprint density at radius 2 is 1.78 bits per heavy atom. The minimum absolute atomic E-state index is 0.289. The van der Waals surface area contributed by atoms with Gasteiger partial charge in [-0.05, 0) is 18.8 Å². The molecule has 1 aliphatic carbocycles. The third-order valence-corrected chi connectivity index (χ3v) is 1.32. The van der Waals surface area contributed by atoms with Crippen molar-refractivity contribution in [3.05, 3.63) is 11.6 Å². The number of carbonyl (C=O) groups excluding carboxylic acids is 2. The summed E-state index contributed by atoms with van der Waals surface area (Å²) in [4.78, 5) is 20.0. The quantitative estimate of drug-likeness (QED) is 0.240. The van der Waals surface area contributed by atoms with Crippen LogP contribution in [0.25, 0.3) is 0 Å². The monoisotopic (exact) mass is 124 g/mol. The van der Waals surface area contributed by atoms with Crippen LogP contribution >= 0.6 is 0 Å². The van der Waals surface area contributed by atoms with Crippen molar-refractivity contribution < 1.29 is 9.59 Å². The molecule has 0 bridgehead atoms. The largest absolute Gasteiger partial charge is 0.298 e. The minimum atomic E-state index is 0.289. The van der Waals surface area contributed by atoms with Crippen LogP contribution in [0.4, 0.5) is 0 Å². The summed E-state index contributed by atoms with van der Waals surface area (Å²) in [5.41, 5.74) is 0.289. The van der Waals surface area contributed by atoms with Crippen LogP contribution in [-0.4, -0.2) is 12.6 Å². The second-order valence-electron chi connectivity index (χ2n) is 2.24. The van der Waals surface area contributed by atoms with E-state index in [2.05, 4.69) is 0 Å². The number of rotatable bonds is 3. The van der Waals surface area contributed by atoms with Gasteiger partial charge in [0.25, 0.3) is 0 Å². The maximum absolute atomic E-state index is 10.00. The van der Waals surface area contributed by atoms with Crippen LogP contribution in [0.1, 0.15) is 12.8 Å². The van der Waals surface area contributed by atoms with Crippen molar-refractivity contribution in [2.24, 2.45) is 5.92 Å². The lowest BCUT2D eigenvalue weighted by molar-refractivity contribution is -0.109. The molecule has 1 saturated carbocycles. The van der Waals surface area contributed by atoms with Crippen molar-refractivity contribution in [3.8, 4) is 0 Å². The fourth-order valence-electron chi connectivity index (χ4n) is 0.641. The second kappa shape index (κ2) is 2.58. The zero-order valence-electron chi connectivity index (χ0n) is 5.04. The Balaban J connectivity index is 2.51. The first-order chi connectivity index (χ1) is 4.36. The van der Waals surface area contributed by atoms with Gasteiger partial charge in [-0.15, -0.1) is 0 Å². The van der Waals surface area contributed by atoms with E-state index in [9.17, 15) is 9.59 Å². The standard InChI is InChI=1S/C7H8O2/c8-4-7(5-9)3-6-1-2-6/h3-6H,1-2H2. The van der Waals surface area contributed by atoms with Crippen molar-refractivity contribution >= 4 is 12.6 Å². The average Bonchev–Trinajstić information content (AvgIpc) is 2.66. The van der Waals surface area contributed by atoms with Crippen LogP contribution in [0.15, 0.2) is 11.6 Å². The smallest absolute Gasteiger partial charge is 0.153 e. The van der Waals surface area contributed by atoms with Crippen molar-refractivity contribution in [3.63, 3.8) is 0 Å². The van der Waals surface area contributed by atoms with E-state index in [0.717, 1.165) is 12.8 Å². The molecule has 0 aliphatic heterocycles. The summed E-state index contributed by atoms with van der Waals surface area (Å²) in [6.45, 7) is 0. The first-order valence-electron chi connectivity index (χ1n) is 2.99. The molecule has 0 heterocycles. The normalized spacial score (nSPS) is 16.4. The predicted molar refractivity (Wildman–Crippen MR) is 32.9 cm³/mol. The topological polar surface area (TPSA) is 34.1 Å². The summed E-state index contributed by atoms with van der Waals surface area (Å²) in [5, 5.41) is 0. The molecular weight excluding hydrogens is 116 g/mol. The molecule has 0 radical (unpaired) electrons. The molecule has 0 unspecified atom stereocenters. The molecule has 0 aromatic rings. The Labute approximate surface area is 53.6 Å². The van der Waals surface area contributed by atoms with E-state index in [1.807, 2.05) is 0 Å². The first kappa shape index (κ1) is 6.20. The SMILES string of the molecule is O=CC(C=O)=CC1CC1. The Bertz CT molecular complexity index is 144. The highest BCUT2D eigenvalue weighted by Gasteiger charge is 2.18. The summed E-state index contributed by atoms with van der Waals surface area (Å²) in [7, 11) is 0. The molecule has 0 saturated heterocycles. The predicted octanol–water partition coefficient (Wildman–Crippen LogP) is 0.721. The van der Waals surface area contributed by atoms with Gasteiger partial charge in [0.1, 0.15) is 0 Å². The zero-order valence-corrected chi connectivity index (χ0v) is 5.04. The molecule has 0 aromatic carbocycles. The maximum Gasteiger partial charge on any atom is 0.153 e. The van der Waals surface area contributed by atoms with E-state index in [-0.39, 0.29) is 5.57 Å². The van der Waals surface area contributed by atoms with Crippen molar-refractivity contribution in [2.75, 3.05) is 0 Å². The molecule has 2 heteroatoms. The number of hydrogen-bond donors (Lipinski definition) is 0. The summed E-state index contributed by atoms with van der Waals surface area (Å²) in [6, 6.07) is 0. The van der Waals surface area contributed by atoms with E-state index >= 15 is 0 Å². The molecule has 1 fully saturated rings. The van der Waals surface area contributed by atoms with E-state index < -0.39 is 0 Å². The van der Waals surface area contributed by atoms with Crippen LogP contribution in [0.3, 0.4) is 0 Å². The van der Waals surface area contributed by atoms with Gasteiger partial charge in [0, 0.05) is 0 Å². The molecule has 48 valence electrons. The molecule has 0 atom stereocenters. The maximum atomic E-state index is 10.00. The van der Waals surface area contributed by atoms with Gasteiger partial charge in [0.05, 0.1) is 5.57 Å². The summed E-state index contributed by atoms with van der Waals surface area (Å²) >= 11 is 0. The van der Waals surface area contributed by atoms with Crippen LogP contribution < -0.4 is 0 Å². The Morgan fingerprint density at radius 3 is 2.11 bits per heavy atom. The Kier molecular flexibility index (Phi) is 1.78. The van der Waals surface area contributed by atoms with Gasteiger partial charge in [-0.3, -0.25) is 9.59 Å². The summed E-state index contributed by atoms with van der Waals surface area (Å²) in [6.07, 6.45) is 5.20. The highest BCUT2D eigenvalue weighted by atomic mass is 16.1. The molecule has 1 aliphatic rings. The van der Waals surface area contributed by atoms with Gasteiger partial charge in [-0.1, -0.05) is 6.08 Å². The molecule has 9 heavy (non-hydrogen) atoms. The molecule has 2 nitrogen and oxygen atoms in total. The summed E-state index contributed by atoms with van der Waals surface area (Å²) in [5.74, 6) is 0.510. The minimum Gasteiger partial charge on any atom is -0.298 e. The molecule has 0 spiro atoms. The van der Waals surface area contributed by atoms with E-state index in [4.69, 9.17) is 0 Å². The summed E-state index contributed by atoms with van der Waals surface area (Å²) < 4.78 is 0. The average molecular weight is 124 g/mol.